The van der Waals surface area contributed by atoms with Crippen LogP contribution in [-0.4, -0.2) is 36.6 Å². The first-order chi connectivity index (χ1) is 7.65. The molecule has 2 amide bonds. The summed E-state index contributed by atoms with van der Waals surface area (Å²) in [7, 11) is 0. The molecule has 4 nitrogen and oxygen atoms in total. The van der Waals surface area contributed by atoms with Crippen molar-refractivity contribution in [2.75, 3.05) is 19.6 Å². The third-order valence-electron chi connectivity index (χ3n) is 3.76. The molecule has 0 aromatic heterocycles. The number of nitrogens with zero attached hydrogens (tertiary/aromatic N) is 1. The Balaban J connectivity index is 1.67. The van der Waals surface area contributed by atoms with E-state index in [-0.39, 0.29) is 6.03 Å². The highest BCUT2D eigenvalue weighted by Crippen LogP contribution is 2.24. The highest BCUT2D eigenvalue weighted by molar-refractivity contribution is 5.74. The molecule has 0 radical (unpaired) electrons. The van der Waals surface area contributed by atoms with E-state index in [1.54, 1.807) is 0 Å². The summed E-state index contributed by atoms with van der Waals surface area (Å²) in [6.45, 7) is 4.85. The lowest BCUT2D eigenvalue weighted by molar-refractivity contribution is 0.163. The average molecular weight is 225 g/mol. The maximum atomic E-state index is 11.9. The summed E-state index contributed by atoms with van der Waals surface area (Å²) in [4.78, 5) is 13.8. The molecule has 1 aliphatic heterocycles. The van der Waals surface area contributed by atoms with Crippen LogP contribution >= 0.6 is 0 Å². The first-order valence-corrected chi connectivity index (χ1v) is 6.43. The minimum Gasteiger partial charge on any atom is -0.338 e. The lowest BCUT2D eigenvalue weighted by atomic mass is 9.81. The van der Waals surface area contributed by atoms with Crippen molar-refractivity contribution in [3.63, 3.8) is 0 Å². The molecule has 1 atom stereocenters. The quantitative estimate of drug-likeness (QED) is 0.741. The standard InChI is InChI=1S/C12H23N3O/c1-9-3-2-4-15(8-9)12(16)14-7-10-5-11(13)6-10/h9-11H,2-8,13H2,1H3,(H,14,16). The van der Waals surface area contributed by atoms with Gasteiger partial charge in [-0.1, -0.05) is 6.92 Å². The lowest BCUT2D eigenvalue weighted by Crippen LogP contribution is -2.48. The van der Waals surface area contributed by atoms with Gasteiger partial charge < -0.3 is 16.0 Å². The lowest BCUT2D eigenvalue weighted by Gasteiger charge is -2.35. The number of rotatable bonds is 2. The van der Waals surface area contributed by atoms with Crippen molar-refractivity contribution in [2.45, 2.75) is 38.6 Å². The van der Waals surface area contributed by atoms with Gasteiger partial charge >= 0.3 is 6.03 Å². The van der Waals surface area contributed by atoms with Crippen LogP contribution < -0.4 is 11.1 Å². The molecule has 2 rings (SSSR count). The second-order valence-electron chi connectivity index (χ2n) is 5.48. The fourth-order valence-electron chi connectivity index (χ4n) is 2.67. The molecule has 16 heavy (non-hydrogen) atoms. The van der Waals surface area contributed by atoms with E-state index in [9.17, 15) is 4.79 Å². The molecule has 3 N–H and O–H groups in total. The number of nitrogens with two attached hydrogens (primary N) is 1. The number of nitrogens with one attached hydrogen (secondary N) is 1. The molecule has 1 heterocycles. The molecule has 1 unspecified atom stereocenters. The number of piperidine rings is 1. The average Bonchev–Trinajstić information content (AvgIpc) is 2.22. The molecule has 0 bridgehead atoms. The first kappa shape index (κ1) is 11.7. The maximum absolute atomic E-state index is 11.9. The Labute approximate surface area is 97.6 Å². The van der Waals surface area contributed by atoms with Crippen LogP contribution in [0.15, 0.2) is 0 Å². The number of hydrogen-bond donors (Lipinski definition) is 2. The number of urea groups is 1. The van der Waals surface area contributed by atoms with Crippen LogP contribution in [0.4, 0.5) is 4.79 Å². The number of carbonyl (C=O) groups excluding carboxylic acids is 1. The van der Waals surface area contributed by atoms with Gasteiger partial charge in [0.2, 0.25) is 0 Å². The zero-order chi connectivity index (χ0) is 11.5. The van der Waals surface area contributed by atoms with Gasteiger partial charge in [0, 0.05) is 25.7 Å². The third kappa shape index (κ3) is 2.88. The van der Waals surface area contributed by atoms with Crippen molar-refractivity contribution in [2.24, 2.45) is 17.6 Å². The first-order valence-electron chi connectivity index (χ1n) is 6.43. The summed E-state index contributed by atoms with van der Waals surface area (Å²) >= 11 is 0. The van der Waals surface area contributed by atoms with Crippen LogP contribution in [0.1, 0.15) is 32.6 Å². The van der Waals surface area contributed by atoms with E-state index in [1.165, 1.54) is 6.42 Å². The van der Waals surface area contributed by atoms with Gasteiger partial charge in [0.05, 0.1) is 0 Å². The second-order valence-corrected chi connectivity index (χ2v) is 5.48. The van der Waals surface area contributed by atoms with Crippen LogP contribution in [0.2, 0.25) is 0 Å². The Kier molecular flexibility index (Phi) is 3.69. The molecule has 2 aliphatic rings. The molecule has 1 aliphatic carbocycles. The van der Waals surface area contributed by atoms with E-state index in [4.69, 9.17) is 5.73 Å². The number of carbonyl (C=O) groups is 1. The van der Waals surface area contributed by atoms with E-state index >= 15 is 0 Å². The van der Waals surface area contributed by atoms with Crippen molar-refractivity contribution in [1.82, 2.24) is 10.2 Å². The third-order valence-corrected chi connectivity index (χ3v) is 3.76. The highest BCUT2D eigenvalue weighted by atomic mass is 16.2. The van der Waals surface area contributed by atoms with E-state index in [2.05, 4.69) is 12.2 Å². The summed E-state index contributed by atoms with van der Waals surface area (Å²) in [5, 5.41) is 3.03. The van der Waals surface area contributed by atoms with Crippen LogP contribution in [-0.2, 0) is 0 Å². The normalized spacial score (nSPS) is 34.4. The van der Waals surface area contributed by atoms with E-state index in [0.29, 0.717) is 17.9 Å². The SMILES string of the molecule is CC1CCCN(C(=O)NCC2CC(N)C2)C1. The Morgan fingerprint density at radius 1 is 1.50 bits per heavy atom. The van der Waals surface area contributed by atoms with Gasteiger partial charge in [0.1, 0.15) is 0 Å². The van der Waals surface area contributed by atoms with Crippen LogP contribution in [0.3, 0.4) is 0 Å². The fraction of sp³-hybridized carbons (Fsp3) is 0.917. The van der Waals surface area contributed by atoms with E-state index in [0.717, 1.165) is 38.9 Å². The van der Waals surface area contributed by atoms with Gasteiger partial charge in [-0.15, -0.1) is 0 Å². The highest BCUT2D eigenvalue weighted by Gasteiger charge is 2.27. The molecule has 0 aromatic rings. The van der Waals surface area contributed by atoms with Crippen LogP contribution in [0.25, 0.3) is 0 Å². The summed E-state index contributed by atoms with van der Waals surface area (Å²) in [6, 6.07) is 0.490. The largest absolute Gasteiger partial charge is 0.338 e. The van der Waals surface area contributed by atoms with Gasteiger partial charge in [-0.25, -0.2) is 4.79 Å². The van der Waals surface area contributed by atoms with Gasteiger partial charge in [0.25, 0.3) is 0 Å². The molecule has 4 heteroatoms. The van der Waals surface area contributed by atoms with E-state index < -0.39 is 0 Å². The molecule has 0 spiro atoms. The Morgan fingerprint density at radius 3 is 2.88 bits per heavy atom. The van der Waals surface area contributed by atoms with Crippen molar-refractivity contribution in [1.29, 1.82) is 0 Å². The van der Waals surface area contributed by atoms with E-state index in [1.807, 2.05) is 4.90 Å². The predicted molar refractivity (Wildman–Crippen MR) is 64.1 cm³/mol. The van der Waals surface area contributed by atoms with Crippen molar-refractivity contribution in [3.8, 4) is 0 Å². The van der Waals surface area contributed by atoms with Gasteiger partial charge in [0.15, 0.2) is 0 Å². The Hall–Kier alpha value is -0.770. The smallest absolute Gasteiger partial charge is 0.317 e. The zero-order valence-corrected chi connectivity index (χ0v) is 10.1. The topological polar surface area (TPSA) is 58.4 Å². The summed E-state index contributed by atoms with van der Waals surface area (Å²) in [5.74, 6) is 1.26. The van der Waals surface area contributed by atoms with Crippen LogP contribution in [0, 0.1) is 11.8 Å². The maximum Gasteiger partial charge on any atom is 0.317 e. The van der Waals surface area contributed by atoms with Crippen molar-refractivity contribution < 1.29 is 4.79 Å². The number of amides is 2. The second kappa shape index (κ2) is 5.04. The van der Waals surface area contributed by atoms with Crippen molar-refractivity contribution >= 4 is 6.03 Å². The van der Waals surface area contributed by atoms with Crippen LogP contribution in [0.5, 0.6) is 0 Å². The van der Waals surface area contributed by atoms with Gasteiger partial charge in [-0.3, -0.25) is 0 Å². The Bertz CT molecular complexity index is 251. The number of likely N-dealkylation sites (tertiary alicyclic amines) is 1. The van der Waals surface area contributed by atoms with Crippen molar-refractivity contribution in [3.05, 3.63) is 0 Å². The monoisotopic (exact) mass is 225 g/mol. The summed E-state index contributed by atoms with van der Waals surface area (Å²) in [6.07, 6.45) is 4.53. The fourth-order valence-corrected chi connectivity index (χ4v) is 2.67. The molecular weight excluding hydrogens is 202 g/mol. The number of hydrogen-bond acceptors (Lipinski definition) is 2. The summed E-state index contributed by atoms with van der Waals surface area (Å²) in [5.41, 5.74) is 5.71. The van der Waals surface area contributed by atoms with Gasteiger partial charge in [-0.05, 0) is 37.5 Å². The molecule has 0 aromatic carbocycles. The Morgan fingerprint density at radius 2 is 2.25 bits per heavy atom. The molecule has 1 saturated heterocycles. The predicted octanol–water partition coefficient (Wildman–Crippen LogP) is 1.17. The molecule has 2 fully saturated rings. The molecule has 1 saturated carbocycles. The molecular formula is C12H23N3O. The molecule has 92 valence electrons. The minimum absolute atomic E-state index is 0.118. The van der Waals surface area contributed by atoms with Gasteiger partial charge in [-0.2, -0.15) is 0 Å². The summed E-state index contributed by atoms with van der Waals surface area (Å²) < 4.78 is 0. The zero-order valence-electron chi connectivity index (χ0n) is 10.1. The minimum atomic E-state index is 0.118.